The molecule has 2 aliphatic heterocycles. The summed E-state index contributed by atoms with van der Waals surface area (Å²) in [7, 11) is 3.35. The average molecular weight is 526 g/mol. The number of fused-ring (bicyclic) bond motifs is 1. The first-order valence-corrected chi connectivity index (χ1v) is 13.8. The lowest BCUT2D eigenvalue weighted by atomic mass is 9.99. The Labute approximate surface area is 222 Å². The standard InChI is InChI=1S/C27H35N5O4S/c1-19(21-8-6-5-7-9-21)30-17-24-31(23(26(30)34)14-15-37-4)25(33)18-29(2)32(24)27(35)28-16-20-10-12-22(36-3)13-11-20/h5-13,19,23-24H,14-18H2,1-4H3,(H,28,35). The Morgan fingerprint density at radius 2 is 1.84 bits per heavy atom. The van der Waals surface area contributed by atoms with E-state index in [0.29, 0.717) is 13.0 Å². The number of methoxy groups -OCH3 is 1. The predicted octanol–water partition coefficient (Wildman–Crippen LogP) is 2.95. The van der Waals surface area contributed by atoms with Crippen LogP contribution >= 0.6 is 11.8 Å². The van der Waals surface area contributed by atoms with Crippen molar-refractivity contribution in [3.05, 3.63) is 65.7 Å². The smallest absolute Gasteiger partial charge is 0.334 e. The molecule has 0 saturated carbocycles. The van der Waals surface area contributed by atoms with Crippen molar-refractivity contribution in [2.24, 2.45) is 0 Å². The third-order valence-corrected chi connectivity index (χ3v) is 7.69. The Kier molecular flexibility index (Phi) is 8.60. The first-order valence-electron chi connectivity index (χ1n) is 12.4. The molecule has 2 fully saturated rings. The molecule has 0 aromatic heterocycles. The maximum Gasteiger partial charge on any atom is 0.334 e. The first kappa shape index (κ1) is 26.8. The third kappa shape index (κ3) is 5.70. The predicted molar refractivity (Wildman–Crippen MR) is 144 cm³/mol. The molecule has 2 aromatic carbocycles. The van der Waals surface area contributed by atoms with Crippen LogP contribution < -0.4 is 10.1 Å². The summed E-state index contributed by atoms with van der Waals surface area (Å²) in [5.41, 5.74) is 1.94. The molecule has 9 nitrogen and oxygen atoms in total. The van der Waals surface area contributed by atoms with E-state index in [1.54, 1.807) is 40.8 Å². The number of hydrogen-bond acceptors (Lipinski definition) is 6. The van der Waals surface area contributed by atoms with Gasteiger partial charge < -0.3 is 19.9 Å². The fourth-order valence-electron chi connectivity index (χ4n) is 5.03. The topological polar surface area (TPSA) is 85.4 Å². The molecule has 4 rings (SSSR count). The fourth-order valence-corrected chi connectivity index (χ4v) is 5.49. The van der Waals surface area contributed by atoms with Gasteiger partial charge in [0, 0.05) is 13.6 Å². The number of thioether (sulfide) groups is 1. The van der Waals surface area contributed by atoms with Crippen LogP contribution in [-0.2, 0) is 16.1 Å². The first-order chi connectivity index (χ1) is 17.8. The van der Waals surface area contributed by atoms with E-state index in [4.69, 9.17) is 4.74 Å². The minimum atomic E-state index is -0.615. The number of nitrogens with one attached hydrogen (secondary N) is 1. The number of hydrogen-bond donors (Lipinski definition) is 1. The van der Waals surface area contributed by atoms with Crippen molar-refractivity contribution in [3.8, 4) is 5.75 Å². The summed E-state index contributed by atoms with van der Waals surface area (Å²) < 4.78 is 5.21. The highest BCUT2D eigenvalue weighted by Crippen LogP contribution is 2.32. The van der Waals surface area contributed by atoms with E-state index in [1.807, 2.05) is 72.7 Å². The molecular formula is C27H35N5O4S. The number of likely N-dealkylation sites (N-methyl/N-ethyl adjacent to an activating group) is 1. The number of hydrazine groups is 1. The van der Waals surface area contributed by atoms with E-state index < -0.39 is 12.2 Å². The van der Waals surface area contributed by atoms with Crippen LogP contribution in [0.5, 0.6) is 5.75 Å². The van der Waals surface area contributed by atoms with Crippen LogP contribution in [0.1, 0.15) is 30.5 Å². The van der Waals surface area contributed by atoms with Crippen LogP contribution in [0.15, 0.2) is 54.6 Å². The van der Waals surface area contributed by atoms with Crippen molar-refractivity contribution in [1.29, 1.82) is 0 Å². The second-order valence-corrected chi connectivity index (χ2v) is 10.3. The molecule has 1 N–H and O–H groups in total. The molecule has 4 amide bonds. The van der Waals surface area contributed by atoms with Crippen molar-refractivity contribution in [1.82, 2.24) is 25.1 Å². The molecule has 198 valence electrons. The fraction of sp³-hybridized carbons (Fsp3) is 0.444. The average Bonchev–Trinajstić information content (AvgIpc) is 2.91. The van der Waals surface area contributed by atoms with E-state index in [1.165, 1.54) is 0 Å². The normalized spacial score (nSPS) is 21.0. The lowest BCUT2D eigenvalue weighted by Crippen LogP contribution is -2.76. The molecular weight excluding hydrogens is 490 g/mol. The van der Waals surface area contributed by atoms with Crippen molar-refractivity contribution in [2.45, 2.75) is 38.1 Å². The Hall–Kier alpha value is -3.24. The molecule has 10 heteroatoms. The highest BCUT2D eigenvalue weighted by atomic mass is 32.2. The number of ether oxygens (including phenoxy) is 1. The highest BCUT2D eigenvalue weighted by molar-refractivity contribution is 7.98. The largest absolute Gasteiger partial charge is 0.497 e. The van der Waals surface area contributed by atoms with E-state index in [2.05, 4.69) is 5.32 Å². The number of carbonyl (C=O) groups is 3. The van der Waals surface area contributed by atoms with Gasteiger partial charge in [-0.2, -0.15) is 11.8 Å². The van der Waals surface area contributed by atoms with E-state index in [-0.39, 0.29) is 37.0 Å². The van der Waals surface area contributed by atoms with Gasteiger partial charge in [-0.25, -0.2) is 14.8 Å². The van der Waals surface area contributed by atoms with Gasteiger partial charge in [0.15, 0.2) is 0 Å². The Morgan fingerprint density at radius 3 is 2.49 bits per heavy atom. The number of carbonyl (C=O) groups excluding carboxylic acids is 3. The van der Waals surface area contributed by atoms with E-state index >= 15 is 0 Å². The molecule has 37 heavy (non-hydrogen) atoms. The van der Waals surface area contributed by atoms with Gasteiger partial charge in [0.05, 0.1) is 26.2 Å². The number of nitrogens with zero attached hydrogens (tertiary/aromatic N) is 4. The number of benzene rings is 2. The maximum atomic E-state index is 13.7. The Bertz CT molecular complexity index is 1100. The zero-order chi connectivity index (χ0) is 26.5. The summed E-state index contributed by atoms with van der Waals surface area (Å²) in [4.78, 5) is 44.0. The summed E-state index contributed by atoms with van der Waals surface area (Å²) in [6, 6.07) is 16.2. The van der Waals surface area contributed by atoms with Gasteiger partial charge in [0.2, 0.25) is 11.8 Å². The lowest BCUT2D eigenvalue weighted by molar-refractivity contribution is -0.189. The summed E-state index contributed by atoms with van der Waals surface area (Å²) in [5.74, 6) is 1.27. The van der Waals surface area contributed by atoms with Crippen LogP contribution in [0.3, 0.4) is 0 Å². The molecule has 0 radical (unpaired) electrons. The van der Waals surface area contributed by atoms with Crippen LogP contribution in [0.2, 0.25) is 0 Å². The van der Waals surface area contributed by atoms with Gasteiger partial charge in [0.1, 0.15) is 18.0 Å². The minimum absolute atomic E-state index is 0.0315. The van der Waals surface area contributed by atoms with Gasteiger partial charge >= 0.3 is 6.03 Å². The quantitative estimate of drug-likeness (QED) is 0.571. The Balaban J connectivity index is 1.60. The summed E-state index contributed by atoms with van der Waals surface area (Å²) in [6.45, 7) is 2.59. The van der Waals surface area contributed by atoms with Crippen LogP contribution in [0, 0.1) is 0 Å². The number of urea groups is 1. The molecule has 0 spiro atoms. The lowest BCUT2D eigenvalue weighted by Gasteiger charge is -2.55. The van der Waals surface area contributed by atoms with Gasteiger partial charge in [0.25, 0.3) is 0 Å². The van der Waals surface area contributed by atoms with Gasteiger partial charge in [-0.3, -0.25) is 9.59 Å². The van der Waals surface area contributed by atoms with Gasteiger partial charge in [-0.15, -0.1) is 0 Å². The van der Waals surface area contributed by atoms with Crippen LogP contribution in [-0.4, -0.2) is 89.1 Å². The summed E-state index contributed by atoms with van der Waals surface area (Å²) in [6.07, 6.45) is 1.92. The maximum absolute atomic E-state index is 13.7. The van der Waals surface area contributed by atoms with E-state index in [9.17, 15) is 14.4 Å². The second kappa shape index (κ2) is 11.9. The zero-order valence-electron chi connectivity index (χ0n) is 21.8. The molecule has 2 heterocycles. The monoisotopic (exact) mass is 525 g/mol. The minimum Gasteiger partial charge on any atom is -0.497 e. The van der Waals surface area contributed by atoms with Crippen molar-refractivity contribution in [3.63, 3.8) is 0 Å². The molecule has 2 aliphatic rings. The van der Waals surface area contributed by atoms with Crippen LogP contribution in [0.25, 0.3) is 0 Å². The van der Waals surface area contributed by atoms with Gasteiger partial charge in [-0.05, 0) is 48.6 Å². The molecule has 0 aliphatic carbocycles. The Morgan fingerprint density at radius 1 is 1.14 bits per heavy atom. The van der Waals surface area contributed by atoms with Crippen molar-refractivity contribution < 1.29 is 19.1 Å². The highest BCUT2D eigenvalue weighted by Gasteiger charge is 2.51. The zero-order valence-corrected chi connectivity index (χ0v) is 22.6. The number of amides is 4. The summed E-state index contributed by atoms with van der Waals surface area (Å²) >= 11 is 1.64. The molecule has 2 aromatic rings. The molecule has 3 unspecified atom stereocenters. The second-order valence-electron chi connectivity index (χ2n) is 9.32. The van der Waals surface area contributed by atoms with E-state index in [0.717, 1.165) is 22.6 Å². The molecule has 3 atom stereocenters. The third-order valence-electron chi connectivity index (χ3n) is 7.04. The van der Waals surface area contributed by atoms with Crippen LogP contribution in [0.4, 0.5) is 4.79 Å². The van der Waals surface area contributed by atoms with Gasteiger partial charge in [-0.1, -0.05) is 42.5 Å². The number of rotatable bonds is 8. The van der Waals surface area contributed by atoms with Crippen molar-refractivity contribution >= 4 is 29.6 Å². The molecule has 2 saturated heterocycles. The molecule has 0 bridgehead atoms. The SMILES string of the molecule is COc1ccc(CNC(=O)N2C3CN(C(C)c4ccccc4)C(=O)C(CCSC)N3C(=O)CN2C)cc1. The number of piperazine rings is 1. The van der Waals surface area contributed by atoms with Crippen molar-refractivity contribution in [2.75, 3.05) is 39.3 Å². The summed E-state index contributed by atoms with van der Waals surface area (Å²) in [5, 5.41) is 6.23.